The molecule has 2 aromatic carbocycles. The number of aromatic amines is 1. The summed E-state index contributed by atoms with van der Waals surface area (Å²) in [7, 11) is 0. The number of benzene rings is 2. The van der Waals surface area contributed by atoms with Gasteiger partial charge in [0.15, 0.2) is 11.3 Å². The average Bonchev–Trinajstić information content (AvgIpc) is 3.58. The molecule has 0 spiro atoms. The maximum absolute atomic E-state index is 13.7. The van der Waals surface area contributed by atoms with Crippen LogP contribution < -0.4 is 10.7 Å². The highest BCUT2D eigenvalue weighted by Gasteiger charge is 2.19. The fourth-order valence-electron chi connectivity index (χ4n) is 5.19. The second-order valence-electron chi connectivity index (χ2n) is 9.87. The van der Waals surface area contributed by atoms with Crippen LogP contribution in [-0.2, 0) is 41.9 Å². The molecule has 0 saturated carbocycles. The SMILES string of the molecule is O=C(Cc1cn2c(CCc3nn[nH]n3)cc3cc(CN4CCOCC4)cc(c1=O)c32)NCc1ccc(Cl)cc1. The number of aryl methyl sites for hydroxylation is 2. The molecule has 1 aliphatic rings. The second-order valence-corrected chi connectivity index (χ2v) is 10.3. The number of nitrogens with zero attached hydrogens (tertiary/aromatic N) is 5. The summed E-state index contributed by atoms with van der Waals surface area (Å²) in [6.45, 7) is 4.24. The van der Waals surface area contributed by atoms with E-state index >= 15 is 0 Å². The number of H-pyrrole nitrogens is 1. The van der Waals surface area contributed by atoms with Crippen LogP contribution in [0.5, 0.6) is 0 Å². The molecule has 0 unspecified atom stereocenters. The Kier molecular flexibility index (Phi) is 7.23. The second kappa shape index (κ2) is 11.1. The Labute approximate surface area is 229 Å². The number of morpholine rings is 1. The summed E-state index contributed by atoms with van der Waals surface area (Å²) in [5.41, 5.74) is 4.25. The average molecular weight is 546 g/mol. The molecular formula is C28H28ClN7O3. The van der Waals surface area contributed by atoms with Gasteiger partial charge >= 0.3 is 0 Å². The molecule has 39 heavy (non-hydrogen) atoms. The first kappa shape index (κ1) is 25.4. The minimum absolute atomic E-state index is 0.0104. The zero-order valence-electron chi connectivity index (χ0n) is 21.3. The van der Waals surface area contributed by atoms with E-state index in [1.807, 2.05) is 28.8 Å². The van der Waals surface area contributed by atoms with Gasteiger partial charge in [0.1, 0.15) is 0 Å². The molecular weight excluding hydrogens is 518 g/mol. The molecule has 3 aromatic heterocycles. The third-order valence-electron chi connectivity index (χ3n) is 7.15. The van der Waals surface area contributed by atoms with Crippen molar-refractivity contribution >= 4 is 33.8 Å². The number of carbonyl (C=O) groups is 1. The molecule has 10 nitrogen and oxygen atoms in total. The molecule has 0 aliphatic carbocycles. The van der Waals surface area contributed by atoms with Gasteiger partial charge in [-0.2, -0.15) is 5.21 Å². The van der Waals surface area contributed by atoms with Crippen LogP contribution >= 0.6 is 11.6 Å². The topological polar surface area (TPSA) is 118 Å². The van der Waals surface area contributed by atoms with Crippen molar-refractivity contribution in [3.05, 3.63) is 92.1 Å². The van der Waals surface area contributed by atoms with Gasteiger partial charge in [-0.3, -0.25) is 14.5 Å². The highest BCUT2D eigenvalue weighted by atomic mass is 35.5. The van der Waals surface area contributed by atoms with Crippen molar-refractivity contribution in [2.45, 2.75) is 32.4 Å². The molecule has 1 fully saturated rings. The quantitative estimate of drug-likeness (QED) is 0.292. The Morgan fingerprint density at radius 2 is 1.90 bits per heavy atom. The fourth-order valence-corrected chi connectivity index (χ4v) is 5.32. The molecule has 0 radical (unpaired) electrons. The van der Waals surface area contributed by atoms with Crippen molar-refractivity contribution < 1.29 is 9.53 Å². The lowest BCUT2D eigenvalue weighted by molar-refractivity contribution is -0.120. The van der Waals surface area contributed by atoms with Crippen LogP contribution in [0, 0.1) is 0 Å². The molecule has 2 N–H and O–H groups in total. The van der Waals surface area contributed by atoms with E-state index in [4.69, 9.17) is 16.3 Å². The van der Waals surface area contributed by atoms with E-state index in [1.54, 1.807) is 12.1 Å². The maximum Gasteiger partial charge on any atom is 0.224 e. The maximum atomic E-state index is 13.7. The third-order valence-corrected chi connectivity index (χ3v) is 7.40. The van der Waals surface area contributed by atoms with Crippen molar-refractivity contribution in [2.24, 2.45) is 0 Å². The smallest absolute Gasteiger partial charge is 0.224 e. The van der Waals surface area contributed by atoms with Crippen LogP contribution in [0.4, 0.5) is 0 Å². The number of amides is 1. The van der Waals surface area contributed by atoms with E-state index in [-0.39, 0.29) is 17.8 Å². The van der Waals surface area contributed by atoms with E-state index in [9.17, 15) is 9.59 Å². The van der Waals surface area contributed by atoms with Crippen LogP contribution in [0.15, 0.2) is 53.5 Å². The first-order valence-corrected chi connectivity index (χ1v) is 13.4. The van der Waals surface area contributed by atoms with E-state index in [2.05, 4.69) is 43.0 Å². The van der Waals surface area contributed by atoms with Gasteiger partial charge in [0, 0.05) is 65.8 Å². The van der Waals surface area contributed by atoms with Crippen molar-refractivity contribution in [3.8, 4) is 0 Å². The Morgan fingerprint density at radius 3 is 2.67 bits per heavy atom. The number of carbonyl (C=O) groups excluding carboxylic acids is 1. The highest BCUT2D eigenvalue weighted by Crippen LogP contribution is 2.27. The van der Waals surface area contributed by atoms with Crippen LogP contribution in [0.3, 0.4) is 0 Å². The number of aromatic nitrogens is 5. The third kappa shape index (κ3) is 5.63. The lowest BCUT2D eigenvalue weighted by Gasteiger charge is -2.26. The number of ether oxygens (including phenoxy) is 1. The summed E-state index contributed by atoms with van der Waals surface area (Å²) in [6, 6.07) is 13.6. The van der Waals surface area contributed by atoms with Crippen molar-refractivity contribution in [1.29, 1.82) is 0 Å². The summed E-state index contributed by atoms with van der Waals surface area (Å²) >= 11 is 5.96. The Bertz CT molecular complexity index is 1640. The van der Waals surface area contributed by atoms with Crippen LogP contribution in [-0.4, -0.2) is 62.1 Å². The summed E-state index contributed by atoms with van der Waals surface area (Å²) in [4.78, 5) is 28.9. The monoisotopic (exact) mass is 545 g/mol. The number of pyridine rings is 1. The number of hydrogen-bond acceptors (Lipinski definition) is 7. The highest BCUT2D eigenvalue weighted by molar-refractivity contribution is 6.30. The van der Waals surface area contributed by atoms with E-state index in [0.29, 0.717) is 54.4 Å². The molecule has 0 atom stereocenters. The molecule has 11 heteroatoms. The Morgan fingerprint density at radius 1 is 1.08 bits per heavy atom. The number of rotatable bonds is 9. The van der Waals surface area contributed by atoms with Gasteiger partial charge in [-0.1, -0.05) is 28.9 Å². The predicted octanol–water partition coefficient (Wildman–Crippen LogP) is 2.53. The summed E-state index contributed by atoms with van der Waals surface area (Å²) in [6.07, 6.45) is 3.06. The Balaban J connectivity index is 1.32. The molecule has 4 heterocycles. The lowest BCUT2D eigenvalue weighted by Crippen LogP contribution is -2.35. The van der Waals surface area contributed by atoms with Crippen LogP contribution in [0.1, 0.15) is 28.2 Å². The normalized spacial score (nSPS) is 14.4. The molecule has 5 aromatic rings. The molecule has 1 amide bonds. The first-order chi connectivity index (χ1) is 19.0. The zero-order chi connectivity index (χ0) is 26.8. The van der Waals surface area contributed by atoms with Crippen LogP contribution in [0.25, 0.3) is 16.3 Å². The van der Waals surface area contributed by atoms with E-state index in [1.165, 1.54) is 0 Å². The summed E-state index contributed by atoms with van der Waals surface area (Å²) < 4.78 is 7.54. The minimum Gasteiger partial charge on any atom is -0.379 e. The minimum atomic E-state index is -0.214. The van der Waals surface area contributed by atoms with E-state index < -0.39 is 0 Å². The molecule has 1 aliphatic heterocycles. The number of nitrogens with one attached hydrogen (secondary N) is 2. The van der Waals surface area contributed by atoms with Gasteiger partial charge in [0.05, 0.1) is 25.2 Å². The van der Waals surface area contributed by atoms with Crippen molar-refractivity contribution in [2.75, 3.05) is 26.3 Å². The molecule has 0 bridgehead atoms. The van der Waals surface area contributed by atoms with Gasteiger partial charge in [-0.05, 0) is 47.9 Å². The first-order valence-electron chi connectivity index (χ1n) is 13.0. The van der Waals surface area contributed by atoms with Gasteiger partial charge in [-0.15, -0.1) is 10.2 Å². The zero-order valence-corrected chi connectivity index (χ0v) is 22.1. The standard InChI is InChI=1S/C28H28ClN7O3/c29-22-3-1-18(2-4-22)15-30-26(37)14-21-17-36-23(5-6-25-31-33-34-32-25)13-20-11-19(12-24(27(20)36)28(21)38)16-35-7-9-39-10-8-35/h1-4,11-13,17H,5-10,14-16H2,(H,30,37)(H,31,32,33,34). The molecule has 200 valence electrons. The largest absolute Gasteiger partial charge is 0.379 e. The van der Waals surface area contributed by atoms with E-state index in [0.717, 1.165) is 47.4 Å². The number of hydrogen-bond donors (Lipinski definition) is 2. The Hall–Kier alpha value is -3.86. The van der Waals surface area contributed by atoms with Gasteiger partial charge in [0.25, 0.3) is 0 Å². The number of halogens is 1. The summed E-state index contributed by atoms with van der Waals surface area (Å²) in [5.74, 6) is 0.410. The molecule has 1 saturated heterocycles. The molecule has 6 rings (SSSR count). The van der Waals surface area contributed by atoms with Gasteiger partial charge in [0.2, 0.25) is 5.91 Å². The lowest BCUT2D eigenvalue weighted by atomic mass is 10.0. The predicted molar refractivity (Wildman–Crippen MR) is 147 cm³/mol. The number of tetrazole rings is 1. The summed E-state index contributed by atoms with van der Waals surface area (Å²) in [5, 5.41) is 19.5. The van der Waals surface area contributed by atoms with Crippen LogP contribution in [0.2, 0.25) is 5.02 Å². The van der Waals surface area contributed by atoms with Gasteiger partial charge < -0.3 is 14.5 Å². The van der Waals surface area contributed by atoms with Crippen molar-refractivity contribution in [1.82, 2.24) is 35.2 Å². The fraction of sp³-hybridized carbons (Fsp3) is 0.321. The van der Waals surface area contributed by atoms with Crippen molar-refractivity contribution in [3.63, 3.8) is 0 Å². The van der Waals surface area contributed by atoms with Gasteiger partial charge in [-0.25, -0.2) is 0 Å².